The van der Waals surface area contributed by atoms with Crippen LogP contribution < -0.4 is 0 Å². The largest absolute Gasteiger partial charge is 0.389 e. The Morgan fingerprint density at radius 3 is 3.10 bits per heavy atom. The van der Waals surface area contributed by atoms with Gasteiger partial charge in [-0.25, -0.2) is 0 Å². The quantitative estimate of drug-likeness (QED) is 0.583. The van der Waals surface area contributed by atoms with Gasteiger partial charge in [0, 0.05) is 0 Å². The van der Waals surface area contributed by atoms with E-state index < -0.39 is 0 Å². The molecule has 1 rings (SSSR count). The Bertz CT molecular complexity index is 127. The highest BCUT2D eigenvalue weighted by Gasteiger charge is 2.12. The third-order valence-corrected chi connectivity index (χ3v) is 2.05. The van der Waals surface area contributed by atoms with Crippen molar-refractivity contribution in [3.8, 4) is 0 Å². The first-order valence-electron chi connectivity index (χ1n) is 4.21. The van der Waals surface area contributed by atoms with E-state index in [-0.39, 0.29) is 6.10 Å². The monoisotopic (exact) mass is 140 g/mol. The van der Waals surface area contributed by atoms with Crippen LogP contribution >= 0.6 is 0 Å². The summed E-state index contributed by atoms with van der Waals surface area (Å²) in [4.78, 5) is 0. The van der Waals surface area contributed by atoms with Gasteiger partial charge in [0.15, 0.2) is 0 Å². The summed E-state index contributed by atoms with van der Waals surface area (Å²) in [6.07, 6.45) is 7.64. The van der Waals surface area contributed by atoms with Gasteiger partial charge in [-0.3, -0.25) is 0 Å². The fourth-order valence-corrected chi connectivity index (χ4v) is 1.48. The Balaban J connectivity index is 2.44. The minimum Gasteiger partial charge on any atom is -0.389 e. The van der Waals surface area contributed by atoms with Crippen molar-refractivity contribution in [3.63, 3.8) is 0 Å². The van der Waals surface area contributed by atoms with Gasteiger partial charge in [0.2, 0.25) is 0 Å². The van der Waals surface area contributed by atoms with Gasteiger partial charge in [0.25, 0.3) is 0 Å². The number of aliphatic hydroxyl groups excluding tert-OH is 1. The van der Waals surface area contributed by atoms with Crippen molar-refractivity contribution in [2.45, 2.75) is 45.1 Å². The molecule has 0 aliphatic heterocycles. The van der Waals surface area contributed by atoms with Crippen LogP contribution in [0.1, 0.15) is 39.0 Å². The van der Waals surface area contributed by atoms with Crippen molar-refractivity contribution in [2.24, 2.45) is 0 Å². The predicted molar refractivity (Wildman–Crippen MR) is 42.8 cm³/mol. The first-order chi connectivity index (χ1) is 4.84. The summed E-state index contributed by atoms with van der Waals surface area (Å²) in [6.45, 7) is 2.15. The summed E-state index contributed by atoms with van der Waals surface area (Å²) < 4.78 is 0. The van der Waals surface area contributed by atoms with E-state index in [1.165, 1.54) is 12.0 Å². The molecule has 0 fully saturated rings. The van der Waals surface area contributed by atoms with Crippen LogP contribution in [-0.2, 0) is 0 Å². The van der Waals surface area contributed by atoms with Gasteiger partial charge in [-0.15, -0.1) is 0 Å². The Kier molecular flexibility index (Phi) is 2.94. The maximum Gasteiger partial charge on any atom is 0.0750 e. The summed E-state index contributed by atoms with van der Waals surface area (Å²) in [7, 11) is 0. The van der Waals surface area contributed by atoms with E-state index in [0.29, 0.717) is 0 Å². The van der Waals surface area contributed by atoms with Crippen molar-refractivity contribution in [3.05, 3.63) is 11.6 Å². The van der Waals surface area contributed by atoms with Crippen LogP contribution in [0.25, 0.3) is 0 Å². The van der Waals surface area contributed by atoms with Crippen molar-refractivity contribution >= 4 is 0 Å². The van der Waals surface area contributed by atoms with E-state index in [1.54, 1.807) is 0 Å². The molecular formula is C9H16O. The van der Waals surface area contributed by atoms with E-state index in [9.17, 15) is 5.11 Å². The highest BCUT2D eigenvalue weighted by molar-refractivity contribution is 5.10. The summed E-state index contributed by atoms with van der Waals surface area (Å²) >= 11 is 0. The topological polar surface area (TPSA) is 20.2 Å². The van der Waals surface area contributed by atoms with Gasteiger partial charge < -0.3 is 5.11 Å². The molecule has 1 aliphatic carbocycles. The van der Waals surface area contributed by atoms with Crippen LogP contribution in [-0.4, -0.2) is 11.2 Å². The van der Waals surface area contributed by atoms with Crippen molar-refractivity contribution < 1.29 is 5.11 Å². The second-order valence-electron chi connectivity index (χ2n) is 2.98. The predicted octanol–water partition coefficient (Wildman–Crippen LogP) is 2.26. The summed E-state index contributed by atoms with van der Waals surface area (Å²) in [5.41, 5.74) is 1.27. The number of hydrogen-bond acceptors (Lipinski definition) is 1. The molecule has 1 atom stereocenters. The van der Waals surface area contributed by atoms with Gasteiger partial charge >= 0.3 is 0 Å². The molecular weight excluding hydrogens is 124 g/mol. The lowest BCUT2D eigenvalue weighted by Gasteiger charge is -2.18. The molecule has 1 N–H and O–H groups in total. The SMILES string of the molecule is CCCC1=CCCCC1O. The zero-order valence-electron chi connectivity index (χ0n) is 6.64. The fraction of sp³-hybridized carbons (Fsp3) is 0.778. The molecule has 0 saturated heterocycles. The van der Waals surface area contributed by atoms with Crippen LogP contribution in [0.4, 0.5) is 0 Å². The molecule has 0 bridgehead atoms. The maximum atomic E-state index is 9.43. The molecule has 1 aliphatic rings. The van der Waals surface area contributed by atoms with Gasteiger partial charge in [-0.1, -0.05) is 19.4 Å². The first-order valence-corrected chi connectivity index (χ1v) is 4.21. The Hall–Kier alpha value is -0.300. The first kappa shape index (κ1) is 7.80. The molecule has 1 unspecified atom stereocenters. The minimum atomic E-state index is -0.117. The van der Waals surface area contributed by atoms with Crippen LogP contribution in [0, 0.1) is 0 Å². The Morgan fingerprint density at radius 2 is 2.50 bits per heavy atom. The Labute approximate surface area is 62.8 Å². The molecule has 58 valence electrons. The molecule has 0 aromatic rings. The van der Waals surface area contributed by atoms with E-state index in [2.05, 4.69) is 13.0 Å². The highest BCUT2D eigenvalue weighted by Crippen LogP contribution is 2.21. The molecule has 0 heterocycles. The van der Waals surface area contributed by atoms with Crippen LogP contribution in [0.2, 0.25) is 0 Å². The normalized spacial score (nSPS) is 26.2. The summed E-state index contributed by atoms with van der Waals surface area (Å²) in [6, 6.07) is 0. The number of rotatable bonds is 2. The molecule has 1 nitrogen and oxygen atoms in total. The fourth-order valence-electron chi connectivity index (χ4n) is 1.48. The summed E-state index contributed by atoms with van der Waals surface area (Å²) in [5.74, 6) is 0. The number of hydrogen-bond donors (Lipinski definition) is 1. The minimum absolute atomic E-state index is 0.117. The maximum absolute atomic E-state index is 9.43. The standard InChI is InChI=1S/C9H16O/c1-2-5-8-6-3-4-7-9(8)10/h6,9-10H,2-5,7H2,1H3. The molecule has 10 heavy (non-hydrogen) atoms. The zero-order chi connectivity index (χ0) is 7.40. The van der Waals surface area contributed by atoms with E-state index in [0.717, 1.165) is 25.7 Å². The van der Waals surface area contributed by atoms with E-state index in [1.807, 2.05) is 0 Å². The molecule has 0 aromatic heterocycles. The van der Waals surface area contributed by atoms with Crippen molar-refractivity contribution in [1.82, 2.24) is 0 Å². The average molecular weight is 140 g/mol. The van der Waals surface area contributed by atoms with E-state index in [4.69, 9.17) is 0 Å². The molecule has 0 spiro atoms. The molecule has 1 heteroatoms. The lowest BCUT2D eigenvalue weighted by Crippen LogP contribution is -2.13. The van der Waals surface area contributed by atoms with E-state index >= 15 is 0 Å². The van der Waals surface area contributed by atoms with Gasteiger partial charge in [-0.2, -0.15) is 0 Å². The van der Waals surface area contributed by atoms with Crippen molar-refractivity contribution in [2.75, 3.05) is 0 Å². The third-order valence-electron chi connectivity index (χ3n) is 2.05. The van der Waals surface area contributed by atoms with Gasteiger partial charge in [0.1, 0.15) is 0 Å². The van der Waals surface area contributed by atoms with Crippen LogP contribution in [0.15, 0.2) is 11.6 Å². The molecule has 0 saturated carbocycles. The van der Waals surface area contributed by atoms with Crippen LogP contribution in [0.5, 0.6) is 0 Å². The molecule has 0 aromatic carbocycles. The van der Waals surface area contributed by atoms with Crippen molar-refractivity contribution in [1.29, 1.82) is 0 Å². The molecule has 0 radical (unpaired) electrons. The average Bonchev–Trinajstić information content (AvgIpc) is 1.94. The number of aliphatic hydroxyl groups is 1. The lowest BCUT2D eigenvalue weighted by molar-refractivity contribution is 0.187. The highest BCUT2D eigenvalue weighted by atomic mass is 16.3. The summed E-state index contributed by atoms with van der Waals surface area (Å²) in [5, 5.41) is 9.43. The third kappa shape index (κ3) is 1.84. The smallest absolute Gasteiger partial charge is 0.0750 e. The van der Waals surface area contributed by atoms with Crippen LogP contribution in [0.3, 0.4) is 0 Å². The zero-order valence-corrected chi connectivity index (χ0v) is 6.64. The second-order valence-corrected chi connectivity index (χ2v) is 2.98. The lowest BCUT2D eigenvalue weighted by atomic mass is 9.94. The Morgan fingerprint density at radius 1 is 1.70 bits per heavy atom. The van der Waals surface area contributed by atoms with Gasteiger partial charge in [-0.05, 0) is 31.3 Å². The number of allylic oxidation sites excluding steroid dienone is 1. The molecule has 0 amide bonds. The van der Waals surface area contributed by atoms with Gasteiger partial charge in [0.05, 0.1) is 6.10 Å². The second kappa shape index (κ2) is 3.77.